The van der Waals surface area contributed by atoms with Gasteiger partial charge in [-0.2, -0.15) is 0 Å². The molecule has 0 N–H and O–H groups in total. The van der Waals surface area contributed by atoms with E-state index in [1.165, 1.54) is 0 Å². The molecule has 0 radical (unpaired) electrons. The zero-order valence-electron chi connectivity index (χ0n) is 16.9. The average molecular weight is 447 g/mol. The van der Waals surface area contributed by atoms with E-state index >= 15 is 0 Å². The summed E-state index contributed by atoms with van der Waals surface area (Å²) in [6, 6.07) is 20.0. The molecule has 0 aromatic heterocycles. The summed E-state index contributed by atoms with van der Waals surface area (Å²) in [5.74, 6) is -0.206. The molecule has 150 valence electrons. The Balaban J connectivity index is 1.87. The SMILES string of the molecule is CC(C)(C)OC(=O)C(C)([Se]c1ccccc1)[C@H]1CCO[C@@H](c2ccccc2)O1. The van der Waals surface area contributed by atoms with Gasteiger partial charge < -0.3 is 0 Å². The van der Waals surface area contributed by atoms with E-state index in [4.69, 9.17) is 14.2 Å². The fourth-order valence-corrected chi connectivity index (χ4v) is 5.62. The maximum absolute atomic E-state index is 13.3. The molecule has 0 saturated carbocycles. The summed E-state index contributed by atoms with van der Waals surface area (Å²) in [6.45, 7) is 8.23. The second-order valence-electron chi connectivity index (χ2n) is 8.05. The van der Waals surface area contributed by atoms with Gasteiger partial charge in [-0.15, -0.1) is 0 Å². The molecule has 4 nitrogen and oxygen atoms in total. The molecule has 0 aliphatic carbocycles. The van der Waals surface area contributed by atoms with E-state index in [0.29, 0.717) is 13.0 Å². The van der Waals surface area contributed by atoms with Crippen LogP contribution in [0.3, 0.4) is 0 Å². The number of carbonyl (C=O) groups is 1. The van der Waals surface area contributed by atoms with Crippen molar-refractivity contribution in [3.8, 4) is 0 Å². The minimum atomic E-state index is -0.752. The molecule has 0 amide bonds. The summed E-state index contributed by atoms with van der Waals surface area (Å²) in [7, 11) is 0. The second kappa shape index (κ2) is 8.79. The van der Waals surface area contributed by atoms with Crippen LogP contribution in [-0.2, 0) is 19.0 Å². The quantitative estimate of drug-likeness (QED) is 0.513. The minimum absolute atomic E-state index is 0.153. The van der Waals surface area contributed by atoms with Gasteiger partial charge in [0.25, 0.3) is 0 Å². The van der Waals surface area contributed by atoms with Gasteiger partial charge >= 0.3 is 174 Å². The summed E-state index contributed by atoms with van der Waals surface area (Å²) in [5.41, 5.74) is 0.417. The molecular weight excluding hydrogens is 419 g/mol. The monoisotopic (exact) mass is 448 g/mol. The van der Waals surface area contributed by atoms with Crippen LogP contribution < -0.4 is 4.46 Å². The summed E-state index contributed by atoms with van der Waals surface area (Å²) in [4.78, 5) is 13.3. The number of ether oxygens (including phenoxy) is 3. The van der Waals surface area contributed by atoms with Gasteiger partial charge in [0.15, 0.2) is 0 Å². The number of carbonyl (C=O) groups excluding carboxylic acids is 1. The standard InChI is InChI=1S/C23H28O4Se/c1-22(2,3)27-21(24)23(4,28-18-13-9-6-10-14-18)19-15-16-25-20(26-19)17-11-7-5-8-12-17/h5-14,19-20H,15-16H2,1-4H3/t19-,20-,23?/m1/s1. The molecule has 28 heavy (non-hydrogen) atoms. The first kappa shape index (κ1) is 21.1. The molecule has 1 aliphatic heterocycles. The number of esters is 1. The van der Waals surface area contributed by atoms with Crippen LogP contribution in [0.2, 0.25) is 4.31 Å². The predicted octanol–water partition coefficient (Wildman–Crippen LogP) is 4.04. The molecule has 1 unspecified atom stereocenters. The average Bonchev–Trinajstić information content (AvgIpc) is 2.68. The summed E-state index contributed by atoms with van der Waals surface area (Å²) < 4.78 is 18.4. The Morgan fingerprint density at radius 2 is 1.61 bits per heavy atom. The zero-order valence-corrected chi connectivity index (χ0v) is 18.6. The van der Waals surface area contributed by atoms with Gasteiger partial charge in [0.05, 0.1) is 0 Å². The second-order valence-corrected chi connectivity index (χ2v) is 11.2. The van der Waals surface area contributed by atoms with E-state index in [0.717, 1.165) is 10.0 Å². The molecule has 1 heterocycles. The van der Waals surface area contributed by atoms with E-state index in [2.05, 4.69) is 12.1 Å². The Labute approximate surface area is 173 Å². The van der Waals surface area contributed by atoms with E-state index in [9.17, 15) is 4.79 Å². The number of hydrogen-bond acceptors (Lipinski definition) is 4. The van der Waals surface area contributed by atoms with Gasteiger partial charge in [0.2, 0.25) is 0 Å². The third-order valence-corrected chi connectivity index (χ3v) is 7.36. The van der Waals surface area contributed by atoms with Crippen molar-refractivity contribution in [1.82, 2.24) is 0 Å². The van der Waals surface area contributed by atoms with Crippen molar-refractivity contribution in [2.75, 3.05) is 6.61 Å². The normalized spacial score (nSPS) is 22.3. The van der Waals surface area contributed by atoms with Gasteiger partial charge in [-0.1, -0.05) is 0 Å². The van der Waals surface area contributed by atoms with Crippen LogP contribution >= 0.6 is 0 Å². The third kappa shape index (κ3) is 5.24. The molecular formula is C23H28O4Se. The Morgan fingerprint density at radius 1 is 1.00 bits per heavy atom. The Kier molecular flexibility index (Phi) is 6.61. The number of benzene rings is 2. The summed E-state index contributed by atoms with van der Waals surface area (Å²) in [6.07, 6.45) is -0.0806. The molecule has 1 fully saturated rings. The molecule has 0 spiro atoms. The van der Waals surface area contributed by atoms with Gasteiger partial charge in [-0.05, 0) is 0 Å². The van der Waals surface area contributed by atoms with Crippen molar-refractivity contribution in [2.24, 2.45) is 0 Å². The number of rotatable bonds is 5. The van der Waals surface area contributed by atoms with Crippen molar-refractivity contribution < 1.29 is 19.0 Å². The Morgan fingerprint density at radius 3 is 2.21 bits per heavy atom. The maximum atomic E-state index is 13.3. The number of hydrogen-bond donors (Lipinski definition) is 0. The first-order valence-electron chi connectivity index (χ1n) is 9.57. The first-order valence-corrected chi connectivity index (χ1v) is 11.3. The van der Waals surface area contributed by atoms with Crippen LogP contribution in [0, 0.1) is 0 Å². The molecule has 2 aromatic rings. The molecule has 3 rings (SSSR count). The van der Waals surface area contributed by atoms with E-state index in [1.54, 1.807) is 0 Å². The van der Waals surface area contributed by atoms with Crippen LogP contribution in [-0.4, -0.2) is 39.2 Å². The molecule has 2 aromatic carbocycles. The van der Waals surface area contributed by atoms with E-state index in [-0.39, 0.29) is 27.0 Å². The van der Waals surface area contributed by atoms with Crippen molar-refractivity contribution in [3.05, 3.63) is 66.2 Å². The molecule has 1 saturated heterocycles. The fourth-order valence-electron chi connectivity index (χ4n) is 3.08. The van der Waals surface area contributed by atoms with Crippen molar-refractivity contribution in [1.29, 1.82) is 0 Å². The van der Waals surface area contributed by atoms with E-state index in [1.807, 2.05) is 76.2 Å². The summed E-state index contributed by atoms with van der Waals surface area (Å²) in [5, 5.41) is 0. The molecule has 1 aliphatic rings. The van der Waals surface area contributed by atoms with Gasteiger partial charge in [-0.25, -0.2) is 0 Å². The van der Waals surface area contributed by atoms with Crippen molar-refractivity contribution >= 4 is 25.4 Å². The third-order valence-electron chi connectivity index (χ3n) is 4.50. The predicted molar refractivity (Wildman–Crippen MR) is 111 cm³/mol. The fraction of sp³-hybridized carbons (Fsp3) is 0.435. The van der Waals surface area contributed by atoms with Crippen LogP contribution in [0.5, 0.6) is 0 Å². The van der Waals surface area contributed by atoms with Gasteiger partial charge in [0, 0.05) is 0 Å². The zero-order chi connectivity index (χ0) is 20.2. The van der Waals surface area contributed by atoms with Gasteiger partial charge in [0.1, 0.15) is 0 Å². The van der Waals surface area contributed by atoms with Crippen LogP contribution in [0.15, 0.2) is 60.7 Å². The van der Waals surface area contributed by atoms with Gasteiger partial charge in [-0.3, -0.25) is 0 Å². The molecule has 3 atom stereocenters. The Hall–Kier alpha value is -1.65. The molecule has 0 bridgehead atoms. The Bertz CT molecular complexity index is 772. The first-order chi connectivity index (χ1) is 13.3. The van der Waals surface area contributed by atoms with Crippen molar-refractivity contribution in [3.63, 3.8) is 0 Å². The van der Waals surface area contributed by atoms with E-state index < -0.39 is 16.2 Å². The topological polar surface area (TPSA) is 44.8 Å². The van der Waals surface area contributed by atoms with Crippen LogP contribution in [0.4, 0.5) is 0 Å². The van der Waals surface area contributed by atoms with Crippen molar-refractivity contribution in [2.45, 2.75) is 56.4 Å². The molecule has 5 heteroatoms. The van der Waals surface area contributed by atoms with Crippen LogP contribution in [0.25, 0.3) is 0 Å². The van der Waals surface area contributed by atoms with Crippen LogP contribution in [0.1, 0.15) is 46.0 Å². The summed E-state index contributed by atoms with van der Waals surface area (Å²) >= 11 is -0.153.